The highest BCUT2D eigenvalue weighted by Gasteiger charge is 2.18. The SMILES string of the molecule is CCOc1cc(C)c(-c2nc3ccccc3c(=O)n2N=Cc2cc(Cl)c(OC)c(Cl)c2)cc1C(C)C. The minimum Gasteiger partial charge on any atom is -0.494 e. The molecule has 0 atom stereocenters. The summed E-state index contributed by atoms with van der Waals surface area (Å²) in [7, 11) is 1.50. The molecular weight excluding hydrogens is 497 g/mol. The molecule has 36 heavy (non-hydrogen) atoms. The fourth-order valence-electron chi connectivity index (χ4n) is 4.05. The van der Waals surface area contributed by atoms with Gasteiger partial charge in [0, 0.05) is 5.56 Å². The van der Waals surface area contributed by atoms with E-state index in [1.165, 1.54) is 18.0 Å². The smallest absolute Gasteiger partial charge is 0.282 e. The Kier molecular flexibility index (Phi) is 7.67. The summed E-state index contributed by atoms with van der Waals surface area (Å²) in [5, 5.41) is 5.70. The highest BCUT2D eigenvalue weighted by atomic mass is 35.5. The lowest BCUT2D eigenvalue weighted by molar-refractivity contribution is 0.335. The van der Waals surface area contributed by atoms with Gasteiger partial charge in [0.25, 0.3) is 5.56 Å². The van der Waals surface area contributed by atoms with Crippen molar-refractivity contribution in [3.63, 3.8) is 0 Å². The van der Waals surface area contributed by atoms with Gasteiger partial charge in [-0.15, -0.1) is 0 Å². The Labute approximate surface area is 220 Å². The lowest BCUT2D eigenvalue weighted by Gasteiger charge is -2.18. The molecule has 0 unspecified atom stereocenters. The van der Waals surface area contributed by atoms with E-state index in [2.05, 4.69) is 18.9 Å². The second kappa shape index (κ2) is 10.7. The first-order valence-electron chi connectivity index (χ1n) is 11.6. The van der Waals surface area contributed by atoms with Crippen LogP contribution in [0.4, 0.5) is 0 Å². The van der Waals surface area contributed by atoms with Crippen LogP contribution < -0.4 is 15.0 Å². The van der Waals surface area contributed by atoms with Gasteiger partial charge in [0.1, 0.15) is 5.75 Å². The Balaban J connectivity index is 1.96. The molecular formula is C28H27Cl2N3O3. The van der Waals surface area contributed by atoms with Crippen molar-refractivity contribution in [2.45, 2.75) is 33.6 Å². The van der Waals surface area contributed by atoms with Crippen LogP contribution in [0.5, 0.6) is 11.5 Å². The van der Waals surface area contributed by atoms with Gasteiger partial charge in [-0.3, -0.25) is 4.79 Å². The maximum Gasteiger partial charge on any atom is 0.282 e. The highest BCUT2D eigenvalue weighted by Crippen LogP contribution is 2.35. The number of para-hydroxylation sites is 1. The largest absolute Gasteiger partial charge is 0.494 e. The highest BCUT2D eigenvalue weighted by molar-refractivity contribution is 6.37. The van der Waals surface area contributed by atoms with Gasteiger partial charge >= 0.3 is 0 Å². The zero-order valence-electron chi connectivity index (χ0n) is 20.8. The molecule has 0 N–H and O–H groups in total. The summed E-state index contributed by atoms with van der Waals surface area (Å²) in [5.41, 5.74) is 3.68. The first-order chi connectivity index (χ1) is 17.2. The summed E-state index contributed by atoms with van der Waals surface area (Å²) in [6.45, 7) is 8.71. The number of hydrogen-bond donors (Lipinski definition) is 0. The molecule has 186 valence electrons. The minimum absolute atomic E-state index is 0.207. The van der Waals surface area contributed by atoms with Crippen molar-refractivity contribution in [3.8, 4) is 22.9 Å². The molecule has 8 heteroatoms. The summed E-state index contributed by atoms with van der Waals surface area (Å²) in [6.07, 6.45) is 1.53. The van der Waals surface area contributed by atoms with Crippen LogP contribution in [0.25, 0.3) is 22.3 Å². The van der Waals surface area contributed by atoms with Crippen LogP contribution in [0, 0.1) is 6.92 Å². The number of hydrogen-bond acceptors (Lipinski definition) is 5. The van der Waals surface area contributed by atoms with E-state index in [0.717, 1.165) is 22.4 Å². The molecule has 4 rings (SSSR count). The Morgan fingerprint density at radius 3 is 2.44 bits per heavy atom. The van der Waals surface area contributed by atoms with Gasteiger partial charge in [0.2, 0.25) is 0 Å². The van der Waals surface area contributed by atoms with Crippen LogP contribution in [0.2, 0.25) is 10.0 Å². The summed E-state index contributed by atoms with van der Waals surface area (Å²) in [4.78, 5) is 18.4. The van der Waals surface area contributed by atoms with Crippen molar-refractivity contribution in [1.29, 1.82) is 0 Å². The van der Waals surface area contributed by atoms with Crippen molar-refractivity contribution in [2.24, 2.45) is 5.10 Å². The van der Waals surface area contributed by atoms with Gasteiger partial charge in [0.05, 0.1) is 40.9 Å². The molecule has 0 saturated carbocycles. The summed E-state index contributed by atoms with van der Waals surface area (Å²) >= 11 is 12.6. The van der Waals surface area contributed by atoms with E-state index >= 15 is 0 Å². The van der Waals surface area contributed by atoms with E-state index in [1.54, 1.807) is 24.3 Å². The van der Waals surface area contributed by atoms with Gasteiger partial charge in [0.15, 0.2) is 11.6 Å². The number of fused-ring (bicyclic) bond motifs is 1. The van der Waals surface area contributed by atoms with Gasteiger partial charge in [-0.2, -0.15) is 9.78 Å². The van der Waals surface area contributed by atoms with Crippen molar-refractivity contribution in [1.82, 2.24) is 9.66 Å². The molecule has 0 spiro atoms. The van der Waals surface area contributed by atoms with E-state index in [-0.39, 0.29) is 11.5 Å². The van der Waals surface area contributed by atoms with E-state index in [9.17, 15) is 4.79 Å². The van der Waals surface area contributed by atoms with E-state index in [1.807, 2.05) is 38.1 Å². The molecule has 4 aromatic rings. The summed E-state index contributed by atoms with van der Waals surface area (Å²) in [5.74, 6) is 1.85. The summed E-state index contributed by atoms with van der Waals surface area (Å²) in [6, 6.07) is 14.6. The third kappa shape index (κ3) is 4.97. The number of ether oxygens (including phenoxy) is 2. The number of methoxy groups -OCH3 is 1. The maximum absolute atomic E-state index is 13.6. The fraction of sp³-hybridized carbons (Fsp3) is 0.250. The van der Waals surface area contributed by atoms with Crippen LogP contribution in [-0.4, -0.2) is 29.6 Å². The number of aryl methyl sites for hydroxylation is 1. The Morgan fingerprint density at radius 2 is 1.81 bits per heavy atom. The van der Waals surface area contributed by atoms with Crippen LogP contribution in [-0.2, 0) is 0 Å². The average molecular weight is 524 g/mol. The molecule has 0 saturated heterocycles. The standard InChI is InChI=1S/C28H27Cl2N3O3/c1-6-36-25-11-17(4)21(14-20(25)16(2)3)27-32-24-10-8-7-9-19(24)28(34)33(27)31-15-18-12-22(29)26(35-5)23(30)13-18/h7-16H,6H2,1-5H3. The Hall–Kier alpha value is -3.35. The molecule has 3 aromatic carbocycles. The first kappa shape index (κ1) is 25.7. The van der Waals surface area contributed by atoms with Crippen LogP contribution in [0.3, 0.4) is 0 Å². The summed E-state index contributed by atoms with van der Waals surface area (Å²) < 4.78 is 12.4. The number of benzene rings is 3. The van der Waals surface area contributed by atoms with Gasteiger partial charge in [-0.25, -0.2) is 4.98 Å². The normalized spacial score (nSPS) is 11.6. The minimum atomic E-state index is -0.281. The van der Waals surface area contributed by atoms with Gasteiger partial charge in [-0.1, -0.05) is 49.2 Å². The monoisotopic (exact) mass is 523 g/mol. The van der Waals surface area contributed by atoms with Crippen LogP contribution in [0.15, 0.2) is 58.4 Å². The molecule has 0 aliphatic carbocycles. The van der Waals surface area contributed by atoms with Gasteiger partial charge < -0.3 is 9.47 Å². The predicted molar refractivity (Wildman–Crippen MR) is 147 cm³/mol. The quantitative estimate of drug-likeness (QED) is 0.242. The third-order valence-corrected chi connectivity index (χ3v) is 6.38. The maximum atomic E-state index is 13.6. The van der Waals surface area contributed by atoms with Crippen molar-refractivity contribution >= 4 is 40.3 Å². The molecule has 1 aromatic heterocycles. The number of aromatic nitrogens is 2. The number of rotatable bonds is 7. The molecule has 0 aliphatic rings. The average Bonchev–Trinajstić information content (AvgIpc) is 2.83. The molecule has 0 aliphatic heterocycles. The molecule has 0 radical (unpaired) electrons. The first-order valence-corrected chi connectivity index (χ1v) is 12.4. The predicted octanol–water partition coefficient (Wildman–Crippen LogP) is 7.09. The van der Waals surface area contributed by atoms with Crippen LogP contribution >= 0.6 is 23.2 Å². The van der Waals surface area contributed by atoms with Crippen molar-refractivity contribution < 1.29 is 9.47 Å². The number of nitrogens with zero attached hydrogens (tertiary/aromatic N) is 3. The molecule has 0 amide bonds. The fourth-order valence-corrected chi connectivity index (χ4v) is 4.71. The third-order valence-electron chi connectivity index (χ3n) is 5.82. The van der Waals surface area contributed by atoms with Gasteiger partial charge in [-0.05, 0) is 72.9 Å². The van der Waals surface area contributed by atoms with Crippen molar-refractivity contribution in [3.05, 3.63) is 85.6 Å². The van der Waals surface area contributed by atoms with E-state index in [4.69, 9.17) is 37.7 Å². The molecule has 0 bridgehead atoms. The molecule has 6 nitrogen and oxygen atoms in total. The number of halogens is 2. The second-order valence-corrected chi connectivity index (χ2v) is 9.44. The topological polar surface area (TPSA) is 65.7 Å². The van der Waals surface area contributed by atoms with Crippen LogP contribution in [0.1, 0.15) is 43.4 Å². The Morgan fingerprint density at radius 1 is 1.11 bits per heavy atom. The van der Waals surface area contributed by atoms with E-state index in [0.29, 0.717) is 44.7 Å². The Bertz CT molecular complexity index is 1500. The van der Waals surface area contributed by atoms with Crippen molar-refractivity contribution in [2.75, 3.05) is 13.7 Å². The zero-order valence-corrected chi connectivity index (χ0v) is 22.3. The molecule has 1 heterocycles. The molecule has 0 fully saturated rings. The lowest BCUT2D eigenvalue weighted by atomic mass is 9.96. The zero-order chi connectivity index (χ0) is 26.0. The second-order valence-electron chi connectivity index (χ2n) is 8.62. The lowest BCUT2D eigenvalue weighted by Crippen LogP contribution is -2.21. The van der Waals surface area contributed by atoms with E-state index < -0.39 is 0 Å².